The van der Waals surface area contributed by atoms with Gasteiger partial charge in [0.2, 0.25) is 5.78 Å². The second-order valence-corrected chi connectivity index (χ2v) is 8.41. The normalized spacial score (nSPS) is 16.3. The van der Waals surface area contributed by atoms with Gasteiger partial charge in [-0.25, -0.2) is 0 Å². The zero-order chi connectivity index (χ0) is 22.2. The van der Waals surface area contributed by atoms with E-state index in [1.807, 2.05) is 49.4 Å². The van der Waals surface area contributed by atoms with Crippen LogP contribution in [0.3, 0.4) is 0 Å². The van der Waals surface area contributed by atoms with Crippen LogP contribution in [0.5, 0.6) is 17.2 Å². The van der Waals surface area contributed by atoms with Crippen molar-refractivity contribution in [1.29, 1.82) is 0 Å². The van der Waals surface area contributed by atoms with E-state index >= 15 is 0 Å². The van der Waals surface area contributed by atoms with Gasteiger partial charge in [0.05, 0.1) is 18.2 Å². The monoisotopic (exact) mass is 447 g/mol. The topological polar surface area (TPSA) is 48.0 Å². The number of ketones is 1. The van der Waals surface area contributed by atoms with Crippen LogP contribution in [0.1, 0.15) is 32.6 Å². The molecule has 0 saturated carbocycles. The third-order valence-corrected chi connectivity index (χ3v) is 5.93. The molecule has 2 heterocycles. The van der Waals surface area contributed by atoms with E-state index in [0.717, 1.165) is 33.8 Å². The highest BCUT2D eigenvalue weighted by atomic mass is 35.5. The predicted molar refractivity (Wildman–Crippen MR) is 123 cm³/mol. The molecule has 0 spiro atoms. The fraction of sp³-hybridized carbons (Fsp3) is 0.192. The maximum absolute atomic E-state index is 13.1. The molecule has 0 atom stereocenters. The van der Waals surface area contributed by atoms with Crippen LogP contribution >= 0.6 is 11.6 Å². The van der Waals surface area contributed by atoms with Crippen molar-refractivity contribution in [2.24, 2.45) is 0 Å². The summed E-state index contributed by atoms with van der Waals surface area (Å²) in [6, 6.07) is 17.2. The Bertz CT molecular complexity index is 1230. The molecule has 3 aromatic rings. The molecule has 5 rings (SSSR count). The number of Topliss-reactive ketones (excluding diaryl/α,β-unsaturated/α-hetero) is 1. The first-order chi connectivity index (χ1) is 15.5. The van der Waals surface area contributed by atoms with Crippen molar-refractivity contribution in [1.82, 2.24) is 4.90 Å². The van der Waals surface area contributed by atoms with Gasteiger partial charge in [0.15, 0.2) is 5.76 Å². The van der Waals surface area contributed by atoms with Crippen molar-refractivity contribution in [3.8, 4) is 17.2 Å². The molecule has 2 aliphatic heterocycles. The minimum Gasteiger partial charge on any atom is -0.497 e. The number of benzene rings is 3. The Kier molecular flexibility index (Phi) is 5.37. The van der Waals surface area contributed by atoms with Crippen molar-refractivity contribution >= 4 is 23.5 Å². The van der Waals surface area contributed by atoms with Crippen molar-refractivity contribution in [2.75, 3.05) is 13.8 Å². The van der Waals surface area contributed by atoms with Crippen LogP contribution in [0.2, 0.25) is 5.02 Å². The summed E-state index contributed by atoms with van der Waals surface area (Å²) in [6.45, 7) is 3.72. The smallest absolute Gasteiger partial charge is 0.232 e. The lowest BCUT2D eigenvalue weighted by molar-refractivity contribution is 0.0872. The van der Waals surface area contributed by atoms with Gasteiger partial charge in [-0.2, -0.15) is 0 Å². The lowest BCUT2D eigenvalue weighted by atomic mass is 9.98. The highest BCUT2D eigenvalue weighted by molar-refractivity contribution is 6.30. The van der Waals surface area contributed by atoms with Crippen LogP contribution in [-0.2, 0) is 13.1 Å². The molecule has 0 aliphatic carbocycles. The van der Waals surface area contributed by atoms with Gasteiger partial charge in [-0.05, 0) is 60.0 Å². The van der Waals surface area contributed by atoms with E-state index in [1.165, 1.54) is 0 Å². The Balaban J connectivity index is 1.43. The van der Waals surface area contributed by atoms with Crippen molar-refractivity contribution in [2.45, 2.75) is 20.0 Å². The molecule has 0 unspecified atom stereocenters. The average molecular weight is 448 g/mol. The number of rotatable bonds is 4. The van der Waals surface area contributed by atoms with Gasteiger partial charge < -0.3 is 14.2 Å². The number of ether oxygens (including phenoxy) is 3. The summed E-state index contributed by atoms with van der Waals surface area (Å²) in [5.74, 6) is 2.37. The zero-order valence-electron chi connectivity index (χ0n) is 17.9. The minimum atomic E-state index is -0.118. The molecular weight excluding hydrogens is 426 g/mol. The molecule has 32 heavy (non-hydrogen) atoms. The number of allylic oxidation sites excluding steroid dienone is 1. The summed E-state index contributed by atoms with van der Waals surface area (Å²) in [5.41, 5.74) is 4.32. The number of halogens is 1. The molecule has 2 aliphatic rings. The van der Waals surface area contributed by atoms with Crippen LogP contribution in [-0.4, -0.2) is 24.5 Å². The van der Waals surface area contributed by atoms with Gasteiger partial charge in [-0.3, -0.25) is 9.69 Å². The molecule has 3 aromatic carbocycles. The van der Waals surface area contributed by atoms with E-state index in [0.29, 0.717) is 41.9 Å². The number of nitrogens with zero attached hydrogens (tertiary/aromatic N) is 1. The third kappa shape index (κ3) is 3.85. The molecule has 0 N–H and O–H groups in total. The second-order valence-electron chi connectivity index (χ2n) is 7.98. The van der Waals surface area contributed by atoms with Gasteiger partial charge in [-0.15, -0.1) is 0 Å². The van der Waals surface area contributed by atoms with Crippen molar-refractivity contribution < 1.29 is 19.0 Å². The first kappa shape index (κ1) is 20.6. The van der Waals surface area contributed by atoms with Crippen LogP contribution < -0.4 is 14.2 Å². The van der Waals surface area contributed by atoms with E-state index in [9.17, 15) is 4.79 Å². The summed E-state index contributed by atoms with van der Waals surface area (Å²) >= 11 is 6.09. The molecule has 5 nitrogen and oxygen atoms in total. The maximum atomic E-state index is 13.1. The van der Waals surface area contributed by atoms with Crippen molar-refractivity contribution in [3.05, 3.63) is 93.2 Å². The summed E-state index contributed by atoms with van der Waals surface area (Å²) < 4.78 is 17.4. The van der Waals surface area contributed by atoms with Gasteiger partial charge in [0.25, 0.3) is 0 Å². The largest absolute Gasteiger partial charge is 0.497 e. The number of carbonyl (C=O) groups excluding carboxylic acids is 1. The molecule has 162 valence electrons. The van der Waals surface area contributed by atoms with Gasteiger partial charge in [-0.1, -0.05) is 35.9 Å². The first-order valence-corrected chi connectivity index (χ1v) is 10.7. The number of carbonyl (C=O) groups is 1. The molecule has 0 amide bonds. The lowest BCUT2D eigenvalue weighted by Crippen LogP contribution is -2.31. The summed E-state index contributed by atoms with van der Waals surface area (Å²) in [5, 5.41) is 0.610. The van der Waals surface area contributed by atoms with Gasteiger partial charge in [0.1, 0.15) is 24.0 Å². The minimum absolute atomic E-state index is 0.118. The molecule has 0 aromatic heterocycles. The lowest BCUT2D eigenvalue weighted by Gasteiger charge is -2.30. The number of fused-ring (bicyclic) bond motifs is 3. The maximum Gasteiger partial charge on any atom is 0.232 e. The molecular formula is C26H22ClNO4. The van der Waals surface area contributed by atoms with E-state index in [-0.39, 0.29) is 5.78 Å². The highest BCUT2D eigenvalue weighted by Gasteiger charge is 2.35. The third-order valence-electron chi connectivity index (χ3n) is 5.70. The Morgan fingerprint density at radius 3 is 2.72 bits per heavy atom. The highest BCUT2D eigenvalue weighted by Crippen LogP contribution is 2.44. The standard InChI is InChI=1S/C26H22ClNO4/c1-16-10-22-21(14-28(15-31-22)13-17-6-8-20(30-2)9-7-17)26-24(16)25(29)23(32-26)12-18-4-3-5-19(27)11-18/h3-12H,13-15H2,1-2H3/b23-12-. The van der Waals surface area contributed by atoms with E-state index < -0.39 is 0 Å². The summed E-state index contributed by atoms with van der Waals surface area (Å²) in [6.07, 6.45) is 1.73. The van der Waals surface area contributed by atoms with E-state index in [2.05, 4.69) is 4.90 Å². The Hall–Kier alpha value is -3.28. The Morgan fingerprint density at radius 1 is 1.16 bits per heavy atom. The zero-order valence-corrected chi connectivity index (χ0v) is 18.6. The summed E-state index contributed by atoms with van der Waals surface area (Å²) in [4.78, 5) is 15.3. The van der Waals surface area contributed by atoms with E-state index in [4.69, 9.17) is 25.8 Å². The molecule has 0 radical (unpaired) electrons. The van der Waals surface area contributed by atoms with Gasteiger partial charge >= 0.3 is 0 Å². The van der Waals surface area contributed by atoms with Crippen molar-refractivity contribution in [3.63, 3.8) is 0 Å². The molecule has 6 heteroatoms. The van der Waals surface area contributed by atoms with Gasteiger partial charge in [0, 0.05) is 18.1 Å². The van der Waals surface area contributed by atoms with Crippen LogP contribution in [0.4, 0.5) is 0 Å². The first-order valence-electron chi connectivity index (χ1n) is 10.4. The Labute approximate surface area is 191 Å². The summed E-state index contributed by atoms with van der Waals surface area (Å²) in [7, 11) is 1.66. The number of hydrogen-bond donors (Lipinski definition) is 0. The number of hydrogen-bond acceptors (Lipinski definition) is 5. The van der Waals surface area contributed by atoms with E-state index in [1.54, 1.807) is 25.3 Å². The number of aryl methyl sites for hydroxylation is 1. The van der Waals surface area contributed by atoms with Crippen LogP contribution in [0, 0.1) is 6.92 Å². The predicted octanol–water partition coefficient (Wildman–Crippen LogP) is 5.63. The van der Waals surface area contributed by atoms with Crippen LogP contribution in [0.25, 0.3) is 6.08 Å². The second kappa shape index (κ2) is 8.34. The molecule has 0 fully saturated rings. The quantitative estimate of drug-likeness (QED) is 0.485. The fourth-order valence-electron chi connectivity index (χ4n) is 4.11. The fourth-order valence-corrected chi connectivity index (χ4v) is 4.31. The molecule has 0 bridgehead atoms. The molecule has 0 saturated heterocycles. The Morgan fingerprint density at radius 2 is 1.97 bits per heavy atom. The SMILES string of the molecule is COc1ccc(CN2COc3cc(C)c4c(c3C2)O/C(=C\c2cccc(Cl)c2)C4=O)cc1. The van der Waals surface area contributed by atoms with Crippen LogP contribution in [0.15, 0.2) is 60.4 Å². The number of methoxy groups -OCH3 is 1. The average Bonchev–Trinajstić information content (AvgIpc) is 3.12.